The van der Waals surface area contributed by atoms with E-state index in [1.165, 1.54) is 24.9 Å². The topological polar surface area (TPSA) is 115 Å². The van der Waals surface area contributed by atoms with Gasteiger partial charge in [-0.25, -0.2) is 4.98 Å². The lowest BCUT2D eigenvalue weighted by Crippen LogP contribution is -2.29. The molecule has 5 aromatic heterocycles. The first-order valence-electron chi connectivity index (χ1n) is 13.0. The van der Waals surface area contributed by atoms with Crippen molar-refractivity contribution in [3.05, 3.63) is 49.1 Å². The predicted molar refractivity (Wildman–Crippen MR) is 146 cm³/mol. The van der Waals surface area contributed by atoms with E-state index in [1.807, 2.05) is 18.3 Å². The third kappa shape index (κ3) is 4.64. The van der Waals surface area contributed by atoms with Crippen molar-refractivity contribution in [2.45, 2.75) is 45.4 Å². The van der Waals surface area contributed by atoms with Gasteiger partial charge >= 0.3 is 0 Å². The van der Waals surface area contributed by atoms with E-state index in [0.717, 1.165) is 70.5 Å². The lowest BCUT2D eigenvalue weighted by atomic mass is 10.1. The van der Waals surface area contributed by atoms with Gasteiger partial charge in [-0.1, -0.05) is 13.3 Å². The number of hydrogen-bond acceptors (Lipinski definition) is 6. The summed E-state index contributed by atoms with van der Waals surface area (Å²) in [5, 5.41) is 12.7. The van der Waals surface area contributed by atoms with Crippen LogP contribution in [-0.2, 0) is 4.79 Å². The molecule has 188 valence electrons. The fourth-order valence-corrected chi connectivity index (χ4v) is 5.04. The Morgan fingerprint density at radius 2 is 1.95 bits per heavy atom. The lowest BCUT2D eigenvalue weighted by molar-refractivity contribution is -0.116. The minimum Gasteiger partial charge on any atom is -0.371 e. The molecule has 37 heavy (non-hydrogen) atoms. The van der Waals surface area contributed by atoms with Gasteiger partial charge in [0.25, 0.3) is 0 Å². The molecule has 0 bridgehead atoms. The monoisotopic (exact) mass is 494 g/mol. The second kappa shape index (κ2) is 10.0. The normalized spacial score (nSPS) is 13.9. The number of nitrogens with one attached hydrogen (secondary N) is 3. The number of aromatic amines is 2. The highest BCUT2D eigenvalue weighted by atomic mass is 16.1. The molecule has 1 aliphatic rings. The number of carbonyl (C=O) groups excluding carboxylic acids is 1. The molecule has 3 N–H and O–H groups in total. The van der Waals surface area contributed by atoms with E-state index in [0.29, 0.717) is 12.1 Å². The van der Waals surface area contributed by atoms with Crippen LogP contribution in [0.25, 0.3) is 44.6 Å². The summed E-state index contributed by atoms with van der Waals surface area (Å²) in [5.74, 6) is -0.00215. The standard InChI is InChI=1S/C28H30N8O/c1-2-3-7-26(37)32-19-12-18(15-29-16-19)22-13-20-24(17-31-22)34-35-27(20)23-14-21-25(8-9-30-28(21)33-23)36-10-5-4-6-11-36/h8-9,12-17H,2-7,10-11H2,1H3,(H,30,33)(H,32,37)(H,34,35). The summed E-state index contributed by atoms with van der Waals surface area (Å²) in [5.41, 5.74) is 6.91. The fourth-order valence-electron chi connectivity index (χ4n) is 5.04. The Kier molecular flexibility index (Phi) is 6.26. The Hall–Kier alpha value is -4.27. The number of hydrogen-bond donors (Lipinski definition) is 3. The zero-order valence-electron chi connectivity index (χ0n) is 20.9. The molecule has 1 saturated heterocycles. The maximum absolute atomic E-state index is 12.2. The van der Waals surface area contributed by atoms with Crippen LogP contribution < -0.4 is 10.2 Å². The molecule has 5 aromatic rings. The molecule has 0 radical (unpaired) electrons. The summed E-state index contributed by atoms with van der Waals surface area (Å²) >= 11 is 0. The Morgan fingerprint density at radius 1 is 1.05 bits per heavy atom. The van der Waals surface area contributed by atoms with Crippen LogP contribution in [0.2, 0.25) is 0 Å². The van der Waals surface area contributed by atoms with Crippen molar-refractivity contribution in [2.24, 2.45) is 0 Å². The van der Waals surface area contributed by atoms with Crippen LogP contribution in [0.15, 0.2) is 49.1 Å². The first kappa shape index (κ1) is 23.1. The van der Waals surface area contributed by atoms with E-state index >= 15 is 0 Å². The SMILES string of the molecule is CCCCC(=O)Nc1cncc(-c2cc3c(-c4cc5c(N6CCCCC6)ccnc5[nH]4)n[nH]c3cn2)c1. The summed E-state index contributed by atoms with van der Waals surface area (Å²) in [6, 6.07) is 8.17. The fraction of sp³-hybridized carbons (Fsp3) is 0.321. The first-order valence-corrected chi connectivity index (χ1v) is 13.0. The molecule has 1 fully saturated rings. The summed E-state index contributed by atoms with van der Waals surface area (Å²) in [4.78, 5) is 31.6. The van der Waals surface area contributed by atoms with Crippen molar-refractivity contribution in [1.82, 2.24) is 30.1 Å². The van der Waals surface area contributed by atoms with Crippen molar-refractivity contribution < 1.29 is 4.79 Å². The van der Waals surface area contributed by atoms with Gasteiger partial charge in [-0.15, -0.1) is 0 Å². The Balaban J connectivity index is 1.34. The van der Waals surface area contributed by atoms with E-state index in [9.17, 15) is 4.79 Å². The second-order valence-electron chi connectivity index (χ2n) is 9.62. The van der Waals surface area contributed by atoms with E-state index < -0.39 is 0 Å². The van der Waals surface area contributed by atoms with Crippen LogP contribution in [0.5, 0.6) is 0 Å². The average Bonchev–Trinajstić information content (AvgIpc) is 3.56. The first-order chi connectivity index (χ1) is 18.2. The minimum atomic E-state index is -0.00215. The molecule has 1 aliphatic heterocycles. The minimum absolute atomic E-state index is 0.00215. The second-order valence-corrected chi connectivity index (χ2v) is 9.62. The highest BCUT2D eigenvalue weighted by molar-refractivity contribution is 5.99. The number of rotatable bonds is 7. The molecule has 9 nitrogen and oxygen atoms in total. The van der Waals surface area contributed by atoms with Gasteiger partial charge in [-0.05, 0) is 49.9 Å². The number of nitrogens with zero attached hydrogens (tertiary/aromatic N) is 5. The summed E-state index contributed by atoms with van der Waals surface area (Å²) < 4.78 is 0. The number of amides is 1. The maximum Gasteiger partial charge on any atom is 0.224 e. The highest BCUT2D eigenvalue weighted by Gasteiger charge is 2.18. The molecule has 0 aliphatic carbocycles. The van der Waals surface area contributed by atoms with Gasteiger partial charge in [0.2, 0.25) is 5.91 Å². The van der Waals surface area contributed by atoms with Crippen molar-refractivity contribution in [3.8, 4) is 22.6 Å². The molecule has 0 saturated carbocycles. The number of carbonyl (C=O) groups is 1. The molecule has 6 heterocycles. The average molecular weight is 495 g/mol. The van der Waals surface area contributed by atoms with Gasteiger partial charge in [0.1, 0.15) is 11.3 Å². The van der Waals surface area contributed by atoms with E-state index in [1.54, 1.807) is 18.6 Å². The van der Waals surface area contributed by atoms with Gasteiger partial charge in [0.15, 0.2) is 0 Å². The number of aromatic nitrogens is 6. The molecule has 0 spiro atoms. The summed E-state index contributed by atoms with van der Waals surface area (Å²) in [7, 11) is 0. The third-order valence-electron chi connectivity index (χ3n) is 6.98. The molecular formula is C28H30N8O. The van der Waals surface area contributed by atoms with Crippen LogP contribution in [0.4, 0.5) is 11.4 Å². The van der Waals surface area contributed by atoms with Crippen molar-refractivity contribution in [3.63, 3.8) is 0 Å². The number of fused-ring (bicyclic) bond motifs is 2. The molecule has 6 rings (SSSR count). The van der Waals surface area contributed by atoms with E-state index in [-0.39, 0.29) is 5.91 Å². The van der Waals surface area contributed by atoms with Gasteiger partial charge in [0, 0.05) is 53.9 Å². The molecule has 0 aromatic carbocycles. The van der Waals surface area contributed by atoms with Gasteiger partial charge in [0.05, 0.1) is 35.0 Å². The largest absolute Gasteiger partial charge is 0.371 e. The summed E-state index contributed by atoms with van der Waals surface area (Å²) in [6.07, 6.45) is 13.2. The molecule has 9 heteroatoms. The Bertz CT molecular complexity index is 1560. The maximum atomic E-state index is 12.2. The molecule has 1 amide bonds. The van der Waals surface area contributed by atoms with Crippen LogP contribution in [0.3, 0.4) is 0 Å². The van der Waals surface area contributed by atoms with Crippen molar-refractivity contribution in [2.75, 3.05) is 23.3 Å². The van der Waals surface area contributed by atoms with Crippen LogP contribution >= 0.6 is 0 Å². The molecule has 0 unspecified atom stereocenters. The van der Waals surface area contributed by atoms with Crippen LogP contribution in [-0.4, -0.2) is 49.1 Å². The van der Waals surface area contributed by atoms with Gasteiger partial charge < -0.3 is 15.2 Å². The van der Waals surface area contributed by atoms with Crippen molar-refractivity contribution in [1.29, 1.82) is 0 Å². The zero-order valence-corrected chi connectivity index (χ0v) is 20.9. The predicted octanol–water partition coefficient (Wildman–Crippen LogP) is 5.68. The van der Waals surface area contributed by atoms with E-state index in [2.05, 4.69) is 59.4 Å². The number of pyridine rings is 3. The van der Waals surface area contributed by atoms with Crippen LogP contribution in [0, 0.1) is 0 Å². The lowest BCUT2D eigenvalue weighted by Gasteiger charge is -2.29. The Morgan fingerprint density at radius 3 is 2.81 bits per heavy atom. The number of anilines is 2. The molecular weight excluding hydrogens is 464 g/mol. The summed E-state index contributed by atoms with van der Waals surface area (Å²) in [6.45, 7) is 4.22. The highest BCUT2D eigenvalue weighted by Crippen LogP contribution is 2.34. The smallest absolute Gasteiger partial charge is 0.224 e. The van der Waals surface area contributed by atoms with Gasteiger partial charge in [-0.2, -0.15) is 5.10 Å². The number of unbranched alkanes of at least 4 members (excludes halogenated alkanes) is 1. The zero-order chi connectivity index (χ0) is 25.2. The third-order valence-corrected chi connectivity index (χ3v) is 6.98. The Labute approximate surface area is 214 Å². The number of H-pyrrole nitrogens is 2. The van der Waals surface area contributed by atoms with Crippen molar-refractivity contribution >= 4 is 39.2 Å². The van der Waals surface area contributed by atoms with E-state index in [4.69, 9.17) is 0 Å². The number of piperidine rings is 1. The quantitative estimate of drug-likeness (QED) is 0.268. The molecule has 0 atom stereocenters. The van der Waals surface area contributed by atoms with Gasteiger partial charge in [-0.3, -0.25) is 19.9 Å². The van der Waals surface area contributed by atoms with Crippen LogP contribution in [0.1, 0.15) is 45.4 Å².